The van der Waals surface area contributed by atoms with Crippen LogP contribution in [0.3, 0.4) is 0 Å². The van der Waals surface area contributed by atoms with Gasteiger partial charge in [0.25, 0.3) is 0 Å². The summed E-state index contributed by atoms with van der Waals surface area (Å²) in [6.07, 6.45) is 4.72. The van der Waals surface area contributed by atoms with Crippen molar-refractivity contribution in [1.29, 1.82) is 0 Å². The minimum Gasteiger partial charge on any atom is -0.383 e. The van der Waals surface area contributed by atoms with Crippen molar-refractivity contribution in [2.24, 2.45) is 0 Å². The lowest BCUT2D eigenvalue weighted by molar-refractivity contribution is 0.199. The minimum absolute atomic E-state index is 0.652. The molecule has 1 N–H and O–H groups in total. The number of nitrogens with zero attached hydrogens (tertiary/aromatic N) is 5. The molecule has 2 rings (SSSR count). The summed E-state index contributed by atoms with van der Waals surface area (Å²) in [7, 11) is 1.71. The number of aromatic nitrogens is 5. The third-order valence-corrected chi connectivity index (χ3v) is 3.28. The Morgan fingerprint density at radius 2 is 2.24 bits per heavy atom. The van der Waals surface area contributed by atoms with Gasteiger partial charge >= 0.3 is 0 Å². The Balaban J connectivity index is 1.96. The average Bonchev–Trinajstić information content (AvgIpc) is 3.03. The number of hydrogen-bond acceptors (Lipinski definition) is 5. The van der Waals surface area contributed by atoms with Gasteiger partial charge < -0.3 is 10.1 Å². The molecule has 0 spiro atoms. The average molecular weight is 292 g/mol. The molecule has 0 saturated carbocycles. The zero-order valence-electron chi connectivity index (χ0n) is 13.0. The van der Waals surface area contributed by atoms with E-state index in [1.165, 1.54) is 5.56 Å². The Bertz CT molecular complexity index is 547. The maximum Gasteiger partial charge on any atom is 0.148 e. The van der Waals surface area contributed by atoms with Gasteiger partial charge in [0.1, 0.15) is 18.7 Å². The molecular formula is C14H24N6O. The molecule has 0 aliphatic rings. The summed E-state index contributed by atoms with van der Waals surface area (Å²) in [5, 5.41) is 12.1. The van der Waals surface area contributed by atoms with Crippen LogP contribution in [-0.2, 0) is 24.4 Å². The third kappa shape index (κ3) is 4.37. The molecule has 2 aromatic heterocycles. The van der Waals surface area contributed by atoms with Gasteiger partial charge in [-0.05, 0) is 13.3 Å². The van der Waals surface area contributed by atoms with E-state index < -0.39 is 0 Å². The molecule has 21 heavy (non-hydrogen) atoms. The van der Waals surface area contributed by atoms with Gasteiger partial charge in [0, 0.05) is 38.5 Å². The lowest BCUT2D eigenvalue weighted by Gasteiger charge is -2.04. The summed E-state index contributed by atoms with van der Waals surface area (Å²) in [6, 6.07) is 0. The minimum atomic E-state index is 0.652. The molecule has 0 bridgehead atoms. The van der Waals surface area contributed by atoms with E-state index >= 15 is 0 Å². The van der Waals surface area contributed by atoms with E-state index in [9.17, 15) is 0 Å². The second-order valence-electron chi connectivity index (χ2n) is 5.01. The van der Waals surface area contributed by atoms with Gasteiger partial charge in [0.05, 0.1) is 12.3 Å². The van der Waals surface area contributed by atoms with Crippen molar-refractivity contribution in [3.05, 3.63) is 29.6 Å². The monoisotopic (exact) mass is 292 g/mol. The second kappa shape index (κ2) is 7.90. The molecule has 2 heterocycles. The molecule has 0 aliphatic heterocycles. The van der Waals surface area contributed by atoms with Gasteiger partial charge in [-0.1, -0.05) is 6.92 Å². The standard InChI is InChI=1S/C14H24N6O/c1-4-6-20-14(16-11-17-20)10-19-9-13(12(2)18-19)8-15-5-7-21-3/h9,11,15H,4-8,10H2,1-3H3. The fraction of sp³-hybridized carbons (Fsp3) is 0.643. The topological polar surface area (TPSA) is 69.8 Å². The predicted octanol–water partition coefficient (Wildman–Crippen LogP) is 0.977. The van der Waals surface area contributed by atoms with Crippen LogP contribution in [0.5, 0.6) is 0 Å². The molecule has 116 valence electrons. The van der Waals surface area contributed by atoms with Crippen LogP contribution < -0.4 is 5.32 Å². The Kier molecular flexibility index (Phi) is 5.89. The van der Waals surface area contributed by atoms with Crippen molar-refractivity contribution in [2.45, 2.75) is 39.9 Å². The smallest absolute Gasteiger partial charge is 0.148 e. The van der Waals surface area contributed by atoms with Crippen LogP contribution in [0.15, 0.2) is 12.5 Å². The highest BCUT2D eigenvalue weighted by Crippen LogP contribution is 2.07. The first kappa shape index (κ1) is 15.7. The molecule has 0 atom stereocenters. The van der Waals surface area contributed by atoms with E-state index in [1.807, 2.05) is 16.3 Å². The number of nitrogens with one attached hydrogen (secondary N) is 1. The largest absolute Gasteiger partial charge is 0.383 e. The Morgan fingerprint density at radius 3 is 3.00 bits per heavy atom. The zero-order valence-corrected chi connectivity index (χ0v) is 13.0. The third-order valence-electron chi connectivity index (χ3n) is 3.28. The molecule has 7 nitrogen and oxygen atoms in total. The van der Waals surface area contributed by atoms with Crippen molar-refractivity contribution in [3.63, 3.8) is 0 Å². The SMILES string of the molecule is CCCn1ncnc1Cn1cc(CNCCOC)c(C)n1. The normalized spacial score (nSPS) is 11.2. The molecule has 0 aromatic carbocycles. The van der Waals surface area contributed by atoms with Crippen molar-refractivity contribution in [1.82, 2.24) is 29.9 Å². The van der Waals surface area contributed by atoms with E-state index in [2.05, 4.69) is 33.6 Å². The first-order valence-corrected chi connectivity index (χ1v) is 7.33. The van der Waals surface area contributed by atoms with Gasteiger partial charge in [0.2, 0.25) is 0 Å². The molecule has 0 fully saturated rings. The van der Waals surface area contributed by atoms with Gasteiger partial charge in [0.15, 0.2) is 0 Å². The summed E-state index contributed by atoms with van der Waals surface area (Å²) in [5.41, 5.74) is 2.24. The first-order valence-electron chi connectivity index (χ1n) is 7.33. The van der Waals surface area contributed by atoms with E-state index in [0.29, 0.717) is 13.2 Å². The summed E-state index contributed by atoms with van der Waals surface area (Å²) >= 11 is 0. The Labute approximate surface area is 125 Å². The highest BCUT2D eigenvalue weighted by atomic mass is 16.5. The fourth-order valence-corrected chi connectivity index (χ4v) is 2.16. The Hall–Kier alpha value is -1.73. The number of rotatable bonds is 9. The number of methoxy groups -OCH3 is 1. The first-order chi connectivity index (χ1) is 10.2. The molecular weight excluding hydrogens is 268 g/mol. The summed E-state index contributed by atoms with van der Waals surface area (Å²) < 4.78 is 8.89. The molecule has 0 amide bonds. The highest BCUT2D eigenvalue weighted by molar-refractivity contribution is 5.15. The molecule has 7 heteroatoms. The summed E-state index contributed by atoms with van der Waals surface area (Å²) in [4.78, 5) is 4.31. The quantitative estimate of drug-likeness (QED) is 0.698. The molecule has 0 radical (unpaired) electrons. The maximum atomic E-state index is 5.02. The molecule has 2 aromatic rings. The lowest BCUT2D eigenvalue weighted by Crippen LogP contribution is -2.18. The van der Waals surface area contributed by atoms with Crippen molar-refractivity contribution in [2.75, 3.05) is 20.3 Å². The highest BCUT2D eigenvalue weighted by Gasteiger charge is 2.08. The van der Waals surface area contributed by atoms with E-state index in [-0.39, 0.29) is 0 Å². The molecule has 0 saturated heterocycles. The van der Waals surface area contributed by atoms with Gasteiger partial charge in [-0.3, -0.25) is 4.68 Å². The number of hydrogen-bond donors (Lipinski definition) is 1. The fourth-order valence-electron chi connectivity index (χ4n) is 2.16. The van der Waals surface area contributed by atoms with E-state index in [1.54, 1.807) is 13.4 Å². The van der Waals surface area contributed by atoms with Crippen LogP contribution in [0, 0.1) is 6.92 Å². The van der Waals surface area contributed by atoms with Crippen LogP contribution in [0.1, 0.15) is 30.4 Å². The predicted molar refractivity (Wildman–Crippen MR) is 80.0 cm³/mol. The lowest BCUT2D eigenvalue weighted by atomic mass is 10.2. The summed E-state index contributed by atoms with van der Waals surface area (Å²) in [5.74, 6) is 0.943. The van der Waals surface area contributed by atoms with Gasteiger partial charge in [-0.2, -0.15) is 10.2 Å². The van der Waals surface area contributed by atoms with Gasteiger partial charge in [-0.25, -0.2) is 9.67 Å². The van der Waals surface area contributed by atoms with Crippen LogP contribution in [0.25, 0.3) is 0 Å². The number of aryl methyl sites for hydroxylation is 2. The Morgan fingerprint density at radius 1 is 1.38 bits per heavy atom. The van der Waals surface area contributed by atoms with Crippen molar-refractivity contribution < 1.29 is 4.74 Å². The van der Waals surface area contributed by atoms with E-state index in [0.717, 1.165) is 37.6 Å². The van der Waals surface area contributed by atoms with Crippen molar-refractivity contribution >= 4 is 0 Å². The summed E-state index contributed by atoms with van der Waals surface area (Å²) in [6.45, 7) is 8.06. The maximum absolute atomic E-state index is 5.02. The van der Waals surface area contributed by atoms with Crippen LogP contribution >= 0.6 is 0 Å². The number of ether oxygens (including phenoxy) is 1. The second-order valence-corrected chi connectivity index (χ2v) is 5.01. The van der Waals surface area contributed by atoms with Crippen LogP contribution in [0.2, 0.25) is 0 Å². The van der Waals surface area contributed by atoms with Crippen LogP contribution in [0.4, 0.5) is 0 Å². The van der Waals surface area contributed by atoms with Gasteiger partial charge in [-0.15, -0.1) is 0 Å². The van der Waals surface area contributed by atoms with E-state index in [4.69, 9.17) is 4.74 Å². The molecule has 0 aliphatic carbocycles. The molecule has 0 unspecified atom stereocenters. The van der Waals surface area contributed by atoms with Crippen LogP contribution in [-0.4, -0.2) is 44.8 Å². The zero-order chi connectivity index (χ0) is 15.1. The van der Waals surface area contributed by atoms with Crippen molar-refractivity contribution in [3.8, 4) is 0 Å².